The Morgan fingerprint density at radius 2 is 2.15 bits per heavy atom. The molecule has 1 saturated carbocycles. The molecule has 2 rings (SSSR count). The summed E-state index contributed by atoms with van der Waals surface area (Å²) < 4.78 is 0. The average Bonchev–Trinajstić information content (AvgIpc) is 2.88. The van der Waals surface area contributed by atoms with Gasteiger partial charge in [0.05, 0.1) is 4.92 Å². The first-order valence-electron chi connectivity index (χ1n) is 7.18. The maximum Gasteiger partial charge on any atom is 0.272 e. The van der Waals surface area contributed by atoms with Crippen LogP contribution in [0.2, 0.25) is 0 Å². The molecule has 5 heteroatoms. The number of nitro benzene ring substituents is 1. The number of nitrogens with zero attached hydrogens (tertiary/aromatic N) is 1. The van der Waals surface area contributed by atoms with E-state index in [2.05, 4.69) is 5.32 Å². The van der Waals surface area contributed by atoms with Gasteiger partial charge in [-0.3, -0.25) is 10.1 Å². The Morgan fingerprint density at radius 1 is 1.40 bits per heavy atom. The van der Waals surface area contributed by atoms with Crippen molar-refractivity contribution >= 4 is 5.69 Å². The smallest absolute Gasteiger partial charge is 0.272 e. The minimum Gasteiger partial charge on any atom is -0.396 e. The molecule has 0 saturated heterocycles. The summed E-state index contributed by atoms with van der Waals surface area (Å²) in [7, 11) is 0. The average molecular weight is 278 g/mol. The molecule has 2 atom stereocenters. The Kier molecular flexibility index (Phi) is 5.09. The van der Waals surface area contributed by atoms with Gasteiger partial charge in [-0.2, -0.15) is 0 Å². The molecule has 20 heavy (non-hydrogen) atoms. The maximum absolute atomic E-state index is 10.9. The quantitative estimate of drug-likeness (QED) is 0.619. The second kappa shape index (κ2) is 6.81. The summed E-state index contributed by atoms with van der Waals surface area (Å²) in [5, 5.41) is 23.6. The highest BCUT2D eigenvalue weighted by atomic mass is 16.6. The lowest BCUT2D eigenvalue weighted by Crippen LogP contribution is -2.26. The van der Waals surface area contributed by atoms with E-state index in [1.165, 1.54) is 12.5 Å². The molecule has 1 aliphatic carbocycles. The zero-order valence-corrected chi connectivity index (χ0v) is 11.8. The lowest BCUT2D eigenvalue weighted by molar-refractivity contribution is -0.385. The van der Waals surface area contributed by atoms with Crippen LogP contribution in [0.1, 0.15) is 30.4 Å². The first kappa shape index (κ1) is 14.9. The van der Waals surface area contributed by atoms with E-state index in [4.69, 9.17) is 0 Å². The SMILES string of the molecule is Cc1c(CNCC2CCCC2CO)cccc1[N+](=O)[O-]. The fourth-order valence-corrected chi connectivity index (χ4v) is 3.07. The van der Waals surface area contributed by atoms with Crippen molar-refractivity contribution in [2.45, 2.75) is 32.7 Å². The van der Waals surface area contributed by atoms with Gasteiger partial charge in [-0.15, -0.1) is 0 Å². The van der Waals surface area contributed by atoms with E-state index < -0.39 is 0 Å². The standard InChI is InChI=1S/C15H22N2O3/c1-11-12(4-3-7-15(11)17(19)20)8-16-9-13-5-2-6-14(13)10-18/h3-4,7,13-14,16,18H,2,5-6,8-10H2,1H3. The van der Waals surface area contributed by atoms with Gasteiger partial charge in [-0.05, 0) is 43.7 Å². The van der Waals surface area contributed by atoms with Gasteiger partial charge < -0.3 is 10.4 Å². The lowest BCUT2D eigenvalue weighted by atomic mass is 9.97. The first-order valence-corrected chi connectivity index (χ1v) is 7.18. The van der Waals surface area contributed by atoms with Crippen LogP contribution in [0.15, 0.2) is 18.2 Å². The molecule has 1 aliphatic rings. The van der Waals surface area contributed by atoms with Crippen LogP contribution in [0.5, 0.6) is 0 Å². The van der Waals surface area contributed by atoms with Crippen LogP contribution < -0.4 is 5.32 Å². The topological polar surface area (TPSA) is 75.4 Å². The monoisotopic (exact) mass is 278 g/mol. The van der Waals surface area contributed by atoms with Gasteiger partial charge in [0.1, 0.15) is 0 Å². The number of hydrogen-bond donors (Lipinski definition) is 2. The van der Waals surface area contributed by atoms with Crippen LogP contribution in [0, 0.1) is 28.9 Å². The minimum atomic E-state index is -0.336. The molecule has 2 unspecified atom stereocenters. The van der Waals surface area contributed by atoms with E-state index in [1.54, 1.807) is 13.0 Å². The molecule has 0 aliphatic heterocycles. The van der Waals surface area contributed by atoms with Crippen molar-refractivity contribution in [3.63, 3.8) is 0 Å². The van der Waals surface area contributed by atoms with Gasteiger partial charge in [0.25, 0.3) is 5.69 Å². The number of aliphatic hydroxyl groups excluding tert-OH is 1. The van der Waals surface area contributed by atoms with Crippen molar-refractivity contribution in [1.82, 2.24) is 5.32 Å². The van der Waals surface area contributed by atoms with Gasteiger partial charge in [-0.25, -0.2) is 0 Å². The number of aliphatic hydroxyl groups is 1. The number of nitrogens with one attached hydrogen (secondary N) is 1. The number of hydrogen-bond acceptors (Lipinski definition) is 4. The Balaban J connectivity index is 1.91. The molecule has 0 aromatic heterocycles. The lowest BCUT2D eigenvalue weighted by Gasteiger charge is -2.18. The highest BCUT2D eigenvalue weighted by molar-refractivity contribution is 5.44. The number of nitro groups is 1. The van der Waals surface area contributed by atoms with Crippen molar-refractivity contribution < 1.29 is 10.0 Å². The molecule has 1 fully saturated rings. The zero-order valence-electron chi connectivity index (χ0n) is 11.8. The Hall–Kier alpha value is -1.46. The second-order valence-electron chi connectivity index (χ2n) is 5.58. The van der Waals surface area contributed by atoms with E-state index in [0.29, 0.717) is 18.4 Å². The maximum atomic E-state index is 10.9. The summed E-state index contributed by atoms with van der Waals surface area (Å²) in [5.41, 5.74) is 1.88. The molecular formula is C15H22N2O3. The third kappa shape index (κ3) is 3.35. The Morgan fingerprint density at radius 3 is 2.85 bits per heavy atom. The molecule has 5 nitrogen and oxygen atoms in total. The second-order valence-corrected chi connectivity index (χ2v) is 5.58. The summed E-state index contributed by atoms with van der Waals surface area (Å²) in [4.78, 5) is 10.6. The fourth-order valence-electron chi connectivity index (χ4n) is 3.07. The highest BCUT2D eigenvalue weighted by Gasteiger charge is 2.26. The zero-order chi connectivity index (χ0) is 14.5. The fraction of sp³-hybridized carbons (Fsp3) is 0.600. The van der Waals surface area contributed by atoms with Crippen molar-refractivity contribution in [2.24, 2.45) is 11.8 Å². The Labute approximate surface area is 119 Å². The molecule has 2 N–H and O–H groups in total. The van der Waals surface area contributed by atoms with Crippen LogP contribution in [0.25, 0.3) is 0 Å². The van der Waals surface area contributed by atoms with Crippen LogP contribution >= 0.6 is 0 Å². The van der Waals surface area contributed by atoms with Crippen LogP contribution in [-0.4, -0.2) is 23.2 Å². The van der Waals surface area contributed by atoms with E-state index in [9.17, 15) is 15.2 Å². The Bertz CT molecular complexity index is 476. The van der Waals surface area contributed by atoms with Crippen molar-refractivity contribution in [2.75, 3.05) is 13.2 Å². The minimum absolute atomic E-state index is 0.179. The van der Waals surface area contributed by atoms with Gasteiger partial charge in [0.15, 0.2) is 0 Å². The van der Waals surface area contributed by atoms with E-state index >= 15 is 0 Å². The van der Waals surface area contributed by atoms with Gasteiger partial charge in [0.2, 0.25) is 0 Å². The molecule has 0 amide bonds. The highest BCUT2D eigenvalue weighted by Crippen LogP contribution is 2.30. The molecule has 1 aromatic rings. The molecule has 0 spiro atoms. The van der Waals surface area contributed by atoms with Crippen LogP contribution in [-0.2, 0) is 6.54 Å². The molecule has 0 heterocycles. The summed E-state index contributed by atoms with van der Waals surface area (Å²) in [6.45, 7) is 3.57. The first-order chi connectivity index (χ1) is 9.63. The van der Waals surface area contributed by atoms with Crippen molar-refractivity contribution in [1.29, 1.82) is 0 Å². The summed E-state index contributed by atoms with van der Waals surface area (Å²) >= 11 is 0. The molecule has 0 radical (unpaired) electrons. The van der Waals surface area contributed by atoms with Gasteiger partial charge >= 0.3 is 0 Å². The van der Waals surface area contributed by atoms with Crippen molar-refractivity contribution in [3.8, 4) is 0 Å². The predicted molar refractivity (Wildman–Crippen MR) is 77.5 cm³/mol. The summed E-state index contributed by atoms with van der Waals surface area (Å²) in [6.07, 6.45) is 3.46. The van der Waals surface area contributed by atoms with Gasteiger partial charge in [0, 0.05) is 24.8 Å². The summed E-state index contributed by atoms with van der Waals surface area (Å²) in [6, 6.07) is 5.19. The summed E-state index contributed by atoms with van der Waals surface area (Å²) in [5.74, 6) is 0.938. The molecule has 110 valence electrons. The number of benzene rings is 1. The normalized spacial score (nSPS) is 22.1. The largest absolute Gasteiger partial charge is 0.396 e. The van der Waals surface area contributed by atoms with Crippen LogP contribution in [0.3, 0.4) is 0 Å². The van der Waals surface area contributed by atoms with Crippen LogP contribution in [0.4, 0.5) is 5.69 Å². The molecule has 0 bridgehead atoms. The molecular weight excluding hydrogens is 256 g/mol. The van der Waals surface area contributed by atoms with E-state index in [1.807, 2.05) is 6.07 Å². The third-order valence-corrected chi connectivity index (χ3v) is 4.39. The molecule has 1 aromatic carbocycles. The van der Waals surface area contributed by atoms with E-state index in [0.717, 1.165) is 30.5 Å². The van der Waals surface area contributed by atoms with Crippen molar-refractivity contribution in [3.05, 3.63) is 39.4 Å². The predicted octanol–water partition coefficient (Wildman–Crippen LogP) is 2.40. The van der Waals surface area contributed by atoms with E-state index in [-0.39, 0.29) is 17.2 Å². The van der Waals surface area contributed by atoms with Gasteiger partial charge in [-0.1, -0.05) is 18.6 Å². The third-order valence-electron chi connectivity index (χ3n) is 4.39. The number of rotatable bonds is 6.